The van der Waals surface area contributed by atoms with E-state index in [1.54, 1.807) is 5.56 Å². The van der Waals surface area contributed by atoms with E-state index < -0.39 is 6.16 Å². The summed E-state index contributed by atoms with van der Waals surface area (Å²) in [5.74, 6) is 0.444. The quantitative estimate of drug-likeness (QED) is 0.256. The first-order chi connectivity index (χ1) is 14.7. The van der Waals surface area contributed by atoms with E-state index in [2.05, 4.69) is 67.1 Å². The van der Waals surface area contributed by atoms with Gasteiger partial charge >= 0.3 is 6.16 Å². The van der Waals surface area contributed by atoms with Gasteiger partial charge < -0.3 is 9.84 Å². The van der Waals surface area contributed by atoms with Crippen molar-refractivity contribution in [2.75, 3.05) is 6.61 Å². The number of rotatable bonds is 14. The van der Waals surface area contributed by atoms with E-state index in [-0.39, 0.29) is 0 Å². The second kappa shape index (κ2) is 13.8. The highest BCUT2D eigenvalue weighted by molar-refractivity contribution is 5.56. The molecule has 0 radical (unpaired) electrons. The molecule has 164 valence electrons. The van der Waals surface area contributed by atoms with Gasteiger partial charge in [-0.05, 0) is 47.9 Å². The number of aryl methyl sites for hydroxylation is 1. The molecule has 0 amide bonds. The summed E-state index contributed by atoms with van der Waals surface area (Å²) in [6.07, 6.45) is 9.97. The van der Waals surface area contributed by atoms with Gasteiger partial charge in [0.25, 0.3) is 0 Å². The van der Waals surface area contributed by atoms with Gasteiger partial charge in [0.2, 0.25) is 0 Å². The second-order valence-corrected chi connectivity index (χ2v) is 8.12. The Morgan fingerprint density at radius 2 is 1.57 bits per heavy atom. The van der Waals surface area contributed by atoms with E-state index in [4.69, 9.17) is 5.11 Å². The molecule has 0 heterocycles. The van der Waals surface area contributed by atoms with Crippen LogP contribution in [0.4, 0.5) is 4.79 Å². The first kappa shape index (κ1) is 24.0. The zero-order chi connectivity index (χ0) is 21.6. The van der Waals surface area contributed by atoms with Crippen LogP contribution in [-0.2, 0) is 17.6 Å². The Balaban J connectivity index is 2.06. The topological polar surface area (TPSA) is 46.5 Å². The maximum absolute atomic E-state index is 10.4. The van der Waals surface area contributed by atoms with Crippen molar-refractivity contribution in [3.05, 3.63) is 70.8 Å². The molecule has 0 aliphatic rings. The van der Waals surface area contributed by atoms with Gasteiger partial charge in [-0.25, -0.2) is 4.79 Å². The summed E-state index contributed by atoms with van der Waals surface area (Å²) in [6.45, 7) is 4.85. The van der Waals surface area contributed by atoms with Crippen LogP contribution in [0.2, 0.25) is 0 Å². The third-order valence-electron chi connectivity index (χ3n) is 5.77. The van der Waals surface area contributed by atoms with Gasteiger partial charge in [0.1, 0.15) is 0 Å². The lowest BCUT2D eigenvalue weighted by Gasteiger charge is -2.23. The lowest BCUT2D eigenvalue weighted by molar-refractivity contribution is 0.0899. The zero-order valence-electron chi connectivity index (χ0n) is 18.7. The fraction of sp³-hybridized carbons (Fsp3) is 0.519. The highest BCUT2D eigenvalue weighted by atomic mass is 16.7. The lowest BCUT2D eigenvalue weighted by atomic mass is 9.81. The molecule has 2 rings (SSSR count). The van der Waals surface area contributed by atoms with E-state index >= 15 is 0 Å². The largest absolute Gasteiger partial charge is 0.505 e. The Hall–Kier alpha value is -2.29. The van der Waals surface area contributed by atoms with Gasteiger partial charge in [-0.1, -0.05) is 101 Å². The summed E-state index contributed by atoms with van der Waals surface area (Å²) in [4.78, 5) is 10.4. The average Bonchev–Trinajstić information content (AvgIpc) is 2.75. The molecule has 0 spiro atoms. The molecule has 3 heteroatoms. The molecule has 0 aliphatic carbocycles. The van der Waals surface area contributed by atoms with Crippen molar-refractivity contribution in [2.24, 2.45) is 0 Å². The number of carboxylic acid groups (broad SMARTS) is 1. The van der Waals surface area contributed by atoms with Gasteiger partial charge in [-0.15, -0.1) is 0 Å². The van der Waals surface area contributed by atoms with Crippen LogP contribution in [0.15, 0.2) is 48.5 Å². The van der Waals surface area contributed by atoms with Crippen molar-refractivity contribution < 1.29 is 14.6 Å². The summed E-state index contributed by atoms with van der Waals surface area (Å²) in [5, 5.41) is 8.52. The predicted molar refractivity (Wildman–Crippen MR) is 124 cm³/mol. The van der Waals surface area contributed by atoms with Crippen molar-refractivity contribution in [3.8, 4) is 0 Å². The number of hydrogen-bond donors (Lipinski definition) is 1. The van der Waals surface area contributed by atoms with Crippen LogP contribution < -0.4 is 0 Å². The van der Waals surface area contributed by atoms with Crippen LogP contribution >= 0.6 is 0 Å². The summed E-state index contributed by atoms with van der Waals surface area (Å²) < 4.78 is 4.59. The molecule has 0 aromatic heterocycles. The molecule has 2 aromatic carbocycles. The van der Waals surface area contributed by atoms with Crippen LogP contribution in [0.5, 0.6) is 0 Å². The molecule has 0 aliphatic heterocycles. The third kappa shape index (κ3) is 7.85. The van der Waals surface area contributed by atoms with Gasteiger partial charge in [-0.3, -0.25) is 0 Å². The molecule has 1 unspecified atom stereocenters. The molecule has 2 aromatic rings. The summed E-state index contributed by atoms with van der Waals surface area (Å²) >= 11 is 0. The first-order valence-electron chi connectivity index (χ1n) is 11.7. The van der Waals surface area contributed by atoms with Crippen molar-refractivity contribution in [1.82, 2.24) is 0 Å². The Bertz CT molecular complexity index is 739. The van der Waals surface area contributed by atoms with Crippen molar-refractivity contribution >= 4 is 6.16 Å². The lowest BCUT2D eigenvalue weighted by Crippen LogP contribution is -2.08. The normalized spacial score (nSPS) is 11.9. The number of hydrogen-bond acceptors (Lipinski definition) is 2. The number of benzene rings is 2. The van der Waals surface area contributed by atoms with Gasteiger partial charge in [0, 0.05) is 5.92 Å². The molecule has 30 heavy (non-hydrogen) atoms. The second-order valence-electron chi connectivity index (χ2n) is 8.12. The molecular formula is C27H38O3. The molecule has 1 N–H and O–H groups in total. The number of carbonyl (C=O) groups is 1. The molecule has 0 fully saturated rings. The standard InChI is InChI=1S/C27H38O3/c1-3-14-22-18-13-20-26(24(22)15-4-2)25(23-16-9-8-10-17-23)19-11-6-5-7-12-21-30-27(28)29/h8-10,13,16-18,20,25H,3-7,11-12,14-15,19,21H2,1-2H3,(H,28,29). The fourth-order valence-corrected chi connectivity index (χ4v) is 4.37. The highest BCUT2D eigenvalue weighted by Crippen LogP contribution is 2.34. The Labute approximate surface area is 182 Å². The number of unbranched alkanes of at least 4 members (excludes halogenated alkanes) is 4. The molecule has 1 atom stereocenters. The maximum Gasteiger partial charge on any atom is 0.505 e. The van der Waals surface area contributed by atoms with Crippen LogP contribution in [-0.4, -0.2) is 17.9 Å². The Kier molecular flexibility index (Phi) is 11.1. The molecule has 0 saturated heterocycles. The summed E-state index contributed by atoms with van der Waals surface area (Å²) in [5.41, 5.74) is 6.03. The van der Waals surface area contributed by atoms with Crippen LogP contribution in [0.25, 0.3) is 0 Å². The fourth-order valence-electron chi connectivity index (χ4n) is 4.37. The van der Waals surface area contributed by atoms with Gasteiger partial charge in [0.15, 0.2) is 0 Å². The Morgan fingerprint density at radius 3 is 2.27 bits per heavy atom. The zero-order valence-corrected chi connectivity index (χ0v) is 18.7. The van der Waals surface area contributed by atoms with E-state index in [9.17, 15) is 4.79 Å². The van der Waals surface area contributed by atoms with Crippen LogP contribution in [0, 0.1) is 0 Å². The van der Waals surface area contributed by atoms with E-state index in [1.165, 1.54) is 42.4 Å². The predicted octanol–water partition coefficient (Wildman–Crippen LogP) is 7.76. The summed E-state index contributed by atoms with van der Waals surface area (Å²) in [6, 6.07) is 17.9. The first-order valence-corrected chi connectivity index (χ1v) is 11.7. The molecule has 0 bridgehead atoms. The molecular weight excluding hydrogens is 372 g/mol. The maximum atomic E-state index is 10.4. The highest BCUT2D eigenvalue weighted by Gasteiger charge is 2.18. The smallest absolute Gasteiger partial charge is 0.450 e. The summed E-state index contributed by atoms with van der Waals surface area (Å²) in [7, 11) is 0. The molecule has 0 saturated carbocycles. The van der Waals surface area contributed by atoms with Crippen molar-refractivity contribution in [2.45, 2.75) is 84.0 Å². The minimum absolute atomic E-state index is 0.312. The van der Waals surface area contributed by atoms with Gasteiger partial charge in [0.05, 0.1) is 6.61 Å². The van der Waals surface area contributed by atoms with Crippen LogP contribution in [0.1, 0.15) is 93.4 Å². The van der Waals surface area contributed by atoms with E-state index in [1.807, 2.05) is 0 Å². The van der Waals surface area contributed by atoms with Crippen molar-refractivity contribution in [1.29, 1.82) is 0 Å². The Morgan fingerprint density at radius 1 is 0.867 bits per heavy atom. The minimum Gasteiger partial charge on any atom is -0.450 e. The monoisotopic (exact) mass is 410 g/mol. The average molecular weight is 411 g/mol. The van der Waals surface area contributed by atoms with E-state index in [0.717, 1.165) is 38.5 Å². The number of ether oxygens (including phenoxy) is 1. The van der Waals surface area contributed by atoms with Gasteiger partial charge in [-0.2, -0.15) is 0 Å². The third-order valence-corrected chi connectivity index (χ3v) is 5.77. The minimum atomic E-state index is -1.17. The van der Waals surface area contributed by atoms with E-state index in [0.29, 0.717) is 12.5 Å². The SMILES string of the molecule is CCCc1cccc(C(CCCCCCCOC(=O)O)c2ccccc2)c1CCC. The molecule has 3 nitrogen and oxygen atoms in total. The van der Waals surface area contributed by atoms with Crippen LogP contribution in [0.3, 0.4) is 0 Å². The van der Waals surface area contributed by atoms with Crippen molar-refractivity contribution in [3.63, 3.8) is 0 Å².